The van der Waals surface area contributed by atoms with Gasteiger partial charge < -0.3 is 9.30 Å². The van der Waals surface area contributed by atoms with Crippen LogP contribution in [0.3, 0.4) is 0 Å². The third-order valence-corrected chi connectivity index (χ3v) is 4.23. The zero-order valence-electron chi connectivity index (χ0n) is 13.1. The summed E-state index contributed by atoms with van der Waals surface area (Å²) in [6.07, 6.45) is 1.50. The molecule has 0 amide bonds. The van der Waals surface area contributed by atoms with Crippen LogP contribution < -0.4 is 10.2 Å². The van der Waals surface area contributed by atoms with E-state index in [1.165, 1.54) is 31.5 Å². The molecule has 0 spiro atoms. The van der Waals surface area contributed by atoms with Crippen LogP contribution in [-0.4, -0.2) is 11.7 Å². The topological polar surface area (TPSA) is 31.2 Å². The van der Waals surface area contributed by atoms with E-state index in [0.717, 1.165) is 6.07 Å². The zero-order valence-corrected chi connectivity index (χ0v) is 13.8. The van der Waals surface area contributed by atoms with Gasteiger partial charge in [0.2, 0.25) is 0 Å². The van der Waals surface area contributed by atoms with E-state index in [0.29, 0.717) is 12.3 Å². The summed E-state index contributed by atoms with van der Waals surface area (Å²) in [5, 5.41) is 0.257. The Labute approximate surface area is 142 Å². The molecule has 1 heterocycles. The lowest BCUT2D eigenvalue weighted by Gasteiger charge is -2.14. The van der Waals surface area contributed by atoms with Crippen LogP contribution in [0.25, 0.3) is 22.0 Å². The second-order valence-electron chi connectivity index (χ2n) is 5.26. The maximum Gasteiger partial charge on any atom is 0.189 e. The molecule has 0 saturated heterocycles. The summed E-state index contributed by atoms with van der Waals surface area (Å²) in [4.78, 5) is 12.0. The van der Waals surface area contributed by atoms with Crippen LogP contribution in [0.2, 0.25) is 5.02 Å². The monoisotopic (exact) mass is 349 g/mol. The van der Waals surface area contributed by atoms with Gasteiger partial charge in [-0.15, -0.1) is 0 Å². The molecule has 1 aromatic heterocycles. The third kappa shape index (κ3) is 2.55. The number of aryl methyl sites for hydroxylation is 1. The molecule has 0 saturated carbocycles. The summed E-state index contributed by atoms with van der Waals surface area (Å²) in [7, 11) is 1.46. The molecular formula is C18H14ClF2NO2. The molecule has 0 bridgehead atoms. The van der Waals surface area contributed by atoms with E-state index in [-0.39, 0.29) is 27.1 Å². The first-order valence-corrected chi connectivity index (χ1v) is 7.70. The molecule has 0 N–H and O–H groups in total. The molecular weight excluding hydrogens is 336 g/mol. The number of methoxy groups -OCH3 is 1. The van der Waals surface area contributed by atoms with Crippen molar-refractivity contribution >= 4 is 22.5 Å². The van der Waals surface area contributed by atoms with Crippen LogP contribution in [0.1, 0.15) is 6.92 Å². The van der Waals surface area contributed by atoms with Gasteiger partial charge in [-0.3, -0.25) is 4.79 Å². The van der Waals surface area contributed by atoms with Gasteiger partial charge in [-0.05, 0) is 30.7 Å². The quantitative estimate of drug-likeness (QED) is 0.690. The van der Waals surface area contributed by atoms with Crippen molar-refractivity contribution in [3.05, 3.63) is 63.4 Å². The lowest BCUT2D eigenvalue weighted by Crippen LogP contribution is -2.10. The van der Waals surface area contributed by atoms with E-state index < -0.39 is 17.1 Å². The van der Waals surface area contributed by atoms with Crippen molar-refractivity contribution in [2.75, 3.05) is 7.11 Å². The molecule has 0 aliphatic heterocycles. The summed E-state index contributed by atoms with van der Waals surface area (Å²) in [6, 6.07) is 6.87. The molecule has 0 fully saturated rings. The maximum absolute atomic E-state index is 15.1. The Morgan fingerprint density at radius 2 is 1.96 bits per heavy atom. The molecule has 0 aliphatic rings. The molecule has 0 aliphatic carbocycles. The molecule has 3 nitrogen and oxygen atoms in total. The smallest absolute Gasteiger partial charge is 0.189 e. The predicted molar refractivity (Wildman–Crippen MR) is 90.8 cm³/mol. The van der Waals surface area contributed by atoms with Crippen molar-refractivity contribution in [1.82, 2.24) is 4.57 Å². The van der Waals surface area contributed by atoms with Crippen molar-refractivity contribution in [3.63, 3.8) is 0 Å². The minimum atomic E-state index is -0.813. The molecule has 0 radical (unpaired) electrons. The highest BCUT2D eigenvalue weighted by Crippen LogP contribution is 2.35. The van der Waals surface area contributed by atoms with Crippen molar-refractivity contribution in [2.24, 2.45) is 0 Å². The lowest BCUT2D eigenvalue weighted by molar-refractivity contribution is 0.415. The van der Waals surface area contributed by atoms with Gasteiger partial charge in [-0.25, -0.2) is 8.78 Å². The lowest BCUT2D eigenvalue weighted by atomic mass is 10.0. The molecule has 24 heavy (non-hydrogen) atoms. The molecule has 6 heteroatoms. The van der Waals surface area contributed by atoms with Crippen LogP contribution in [0.5, 0.6) is 5.75 Å². The van der Waals surface area contributed by atoms with Gasteiger partial charge >= 0.3 is 0 Å². The highest BCUT2D eigenvalue weighted by Gasteiger charge is 2.19. The fourth-order valence-electron chi connectivity index (χ4n) is 2.75. The second-order valence-corrected chi connectivity index (χ2v) is 5.67. The summed E-state index contributed by atoms with van der Waals surface area (Å²) >= 11 is 6.06. The van der Waals surface area contributed by atoms with Gasteiger partial charge in [0.25, 0.3) is 0 Å². The predicted octanol–water partition coefficient (Wildman–Crippen LogP) is 4.63. The highest BCUT2D eigenvalue weighted by atomic mass is 35.5. The first-order chi connectivity index (χ1) is 11.5. The number of nitrogens with zero attached hydrogens (tertiary/aromatic N) is 1. The molecule has 3 rings (SSSR count). The second kappa shape index (κ2) is 6.24. The Hall–Kier alpha value is -2.40. The summed E-state index contributed by atoms with van der Waals surface area (Å²) < 4.78 is 36.2. The number of aromatic nitrogens is 1. The van der Waals surface area contributed by atoms with Crippen LogP contribution in [0, 0.1) is 11.6 Å². The van der Waals surface area contributed by atoms with Gasteiger partial charge in [0.05, 0.1) is 28.6 Å². The zero-order chi connectivity index (χ0) is 17.4. The Balaban J connectivity index is 2.37. The van der Waals surface area contributed by atoms with Gasteiger partial charge in [0.1, 0.15) is 11.6 Å². The number of rotatable bonds is 3. The Morgan fingerprint density at radius 3 is 2.58 bits per heavy atom. The fraction of sp³-hybridized carbons (Fsp3) is 0.167. The number of halogens is 3. The van der Waals surface area contributed by atoms with Gasteiger partial charge in [0.15, 0.2) is 11.2 Å². The van der Waals surface area contributed by atoms with Crippen LogP contribution in [0.4, 0.5) is 8.78 Å². The highest BCUT2D eigenvalue weighted by molar-refractivity contribution is 6.32. The van der Waals surface area contributed by atoms with Crippen LogP contribution >= 0.6 is 11.6 Å². The Bertz CT molecular complexity index is 998. The van der Waals surface area contributed by atoms with E-state index >= 15 is 4.39 Å². The number of hydrogen-bond donors (Lipinski definition) is 0. The van der Waals surface area contributed by atoms with E-state index in [2.05, 4.69) is 0 Å². The molecule has 124 valence electrons. The average Bonchev–Trinajstić information content (AvgIpc) is 2.56. The largest absolute Gasteiger partial charge is 0.495 e. The summed E-state index contributed by atoms with van der Waals surface area (Å²) in [5.41, 5.74) is -0.295. The Kier molecular flexibility index (Phi) is 4.28. The minimum Gasteiger partial charge on any atom is -0.495 e. The summed E-state index contributed by atoms with van der Waals surface area (Å²) in [6.45, 7) is 2.26. The summed E-state index contributed by atoms with van der Waals surface area (Å²) in [5.74, 6) is -1.19. The van der Waals surface area contributed by atoms with Crippen molar-refractivity contribution < 1.29 is 13.5 Å². The van der Waals surface area contributed by atoms with Crippen molar-refractivity contribution in [3.8, 4) is 16.9 Å². The number of fused-ring (bicyclic) bond motifs is 1. The molecule has 3 aromatic rings. The van der Waals surface area contributed by atoms with Crippen molar-refractivity contribution in [2.45, 2.75) is 13.5 Å². The van der Waals surface area contributed by atoms with Crippen LogP contribution in [0.15, 0.2) is 41.3 Å². The average molecular weight is 350 g/mol. The molecule has 0 unspecified atom stereocenters. The SMILES string of the molecule is CCn1ccc(=O)c2cc(F)c(-c3ccc(OC)c(Cl)c3)c(F)c21. The van der Waals surface area contributed by atoms with E-state index in [1.54, 1.807) is 10.6 Å². The van der Waals surface area contributed by atoms with Crippen molar-refractivity contribution in [1.29, 1.82) is 0 Å². The van der Waals surface area contributed by atoms with E-state index in [1.807, 2.05) is 6.92 Å². The fourth-order valence-corrected chi connectivity index (χ4v) is 3.01. The number of pyridine rings is 1. The Morgan fingerprint density at radius 1 is 1.21 bits per heavy atom. The van der Waals surface area contributed by atoms with E-state index in [4.69, 9.17) is 16.3 Å². The van der Waals surface area contributed by atoms with Gasteiger partial charge in [-0.1, -0.05) is 17.7 Å². The molecule has 0 atom stereocenters. The van der Waals surface area contributed by atoms with E-state index in [9.17, 15) is 9.18 Å². The normalized spacial score (nSPS) is 11.0. The first kappa shape index (κ1) is 16.5. The van der Waals surface area contributed by atoms with Gasteiger partial charge in [0, 0.05) is 18.8 Å². The minimum absolute atomic E-state index is 0.0118. The van der Waals surface area contributed by atoms with Crippen LogP contribution in [-0.2, 0) is 6.54 Å². The number of ether oxygens (including phenoxy) is 1. The standard InChI is InChI=1S/C18H14ClF2NO2/c1-3-22-7-6-14(23)11-9-13(20)16(17(21)18(11)22)10-4-5-15(24-2)12(19)8-10/h4-9H,3H2,1-2H3. The first-order valence-electron chi connectivity index (χ1n) is 7.33. The molecule has 2 aromatic carbocycles. The number of hydrogen-bond acceptors (Lipinski definition) is 2. The maximum atomic E-state index is 15.1. The number of benzene rings is 2. The third-order valence-electron chi connectivity index (χ3n) is 3.93. The van der Waals surface area contributed by atoms with Gasteiger partial charge in [-0.2, -0.15) is 0 Å².